The van der Waals surface area contributed by atoms with Crippen molar-refractivity contribution in [3.63, 3.8) is 0 Å². The van der Waals surface area contributed by atoms with Gasteiger partial charge in [0, 0.05) is 11.6 Å². The van der Waals surface area contributed by atoms with Crippen LogP contribution in [0.5, 0.6) is 5.75 Å². The highest BCUT2D eigenvalue weighted by Gasteiger charge is 2.15. The van der Waals surface area contributed by atoms with Gasteiger partial charge in [0.25, 0.3) is 0 Å². The average Bonchev–Trinajstić information content (AvgIpc) is 2.88. The van der Waals surface area contributed by atoms with Crippen LogP contribution in [0.15, 0.2) is 41.4 Å². The zero-order valence-corrected chi connectivity index (χ0v) is 13.0. The monoisotopic (exact) mass is 338 g/mol. The minimum atomic E-state index is -3.80. The molecule has 0 unspecified atom stereocenters. The maximum absolute atomic E-state index is 11.4. The molecule has 114 valence electrons. The summed E-state index contributed by atoms with van der Waals surface area (Å²) in [5.41, 5.74) is 1.81. The lowest BCUT2D eigenvalue weighted by atomic mass is 10.1. The largest absolute Gasteiger partial charge is 0.496 e. The molecule has 0 saturated carbocycles. The van der Waals surface area contributed by atoms with Crippen LogP contribution in [0.2, 0.25) is 5.15 Å². The van der Waals surface area contributed by atoms with Gasteiger partial charge in [0.05, 0.1) is 23.9 Å². The molecule has 1 aromatic carbocycles. The topological polar surface area (TPSA) is 99.6 Å². The number of benzene rings is 1. The van der Waals surface area contributed by atoms with Gasteiger partial charge < -0.3 is 4.74 Å². The maximum Gasteiger partial charge on any atom is 0.238 e. The van der Waals surface area contributed by atoms with Crippen molar-refractivity contribution < 1.29 is 13.2 Å². The number of primary sulfonamides is 1. The maximum atomic E-state index is 11.4. The third kappa shape index (κ3) is 2.63. The number of fused-ring (bicyclic) bond motifs is 1. The van der Waals surface area contributed by atoms with E-state index in [2.05, 4.69) is 10.1 Å². The van der Waals surface area contributed by atoms with Crippen LogP contribution in [-0.4, -0.2) is 30.1 Å². The number of hydrogen-bond donors (Lipinski definition) is 1. The van der Waals surface area contributed by atoms with Gasteiger partial charge in [-0.25, -0.2) is 23.1 Å². The number of nitrogens with two attached hydrogens (primary N) is 1. The lowest BCUT2D eigenvalue weighted by molar-refractivity contribution is 0.415. The molecule has 0 bridgehead atoms. The molecule has 0 atom stereocenters. The molecule has 0 spiro atoms. The van der Waals surface area contributed by atoms with E-state index in [9.17, 15) is 8.42 Å². The van der Waals surface area contributed by atoms with E-state index in [1.165, 1.54) is 23.8 Å². The molecule has 0 amide bonds. The summed E-state index contributed by atoms with van der Waals surface area (Å²) in [5.74, 6) is 0.348. The Morgan fingerprint density at radius 2 is 2.05 bits per heavy atom. The first kappa shape index (κ1) is 14.8. The van der Waals surface area contributed by atoms with Gasteiger partial charge in [-0.1, -0.05) is 11.6 Å². The summed E-state index contributed by atoms with van der Waals surface area (Å²) in [7, 11) is -2.36. The van der Waals surface area contributed by atoms with Gasteiger partial charge >= 0.3 is 0 Å². The van der Waals surface area contributed by atoms with E-state index in [1.54, 1.807) is 24.4 Å². The summed E-state index contributed by atoms with van der Waals surface area (Å²) in [6.45, 7) is 0. The van der Waals surface area contributed by atoms with E-state index >= 15 is 0 Å². The van der Waals surface area contributed by atoms with Crippen LogP contribution in [0.1, 0.15) is 0 Å². The van der Waals surface area contributed by atoms with Crippen molar-refractivity contribution in [3.8, 4) is 17.0 Å². The van der Waals surface area contributed by atoms with Gasteiger partial charge in [-0.15, -0.1) is 0 Å². The quantitative estimate of drug-likeness (QED) is 0.783. The number of rotatable bonds is 3. The minimum Gasteiger partial charge on any atom is -0.496 e. The number of nitrogens with zero attached hydrogens (tertiary/aromatic N) is 3. The van der Waals surface area contributed by atoms with E-state index in [0.29, 0.717) is 27.8 Å². The predicted octanol–water partition coefficient (Wildman–Crippen LogP) is 1.71. The molecular weight excluding hydrogens is 328 g/mol. The standard InChI is InChI=1S/C13H11ClN4O3S/c1-21-11-6-8(22(15,19)20)2-3-9(11)10-7-18-13(16-10)5-4-12(14)17-18/h2-7H,1H3,(H2,15,19,20). The number of methoxy groups -OCH3 is 1. The Morgan fingerprint density at radius 3 is 2.73 bits per heavy atom. The third-order valence-corrected chi connectivity index (χ3v) is 4.18. The van der Waals surface area contributed by atoms with E-state index in [-0.39, 0.29) is 4.90 Å². The summed E-state index contributed by atoms with van der Waals surface area (Å²) in [4.78, 5) is 4.38. The fraction of sp³-hybridized carbons (Fsp3) is 0.0769. The molecular formula is C13H11ClN4O3S. The lowest BCUT2D eigenvalue weighted by Gasteiger charge is -2.07. The van der Waals surface area contributed by atoms with Crippen molar-refractivity contribution in [2.24, 2.45) is 5.14 Å². The zero-order valence-electron chi connectivity index (χ0n) is 11.4. The SMILES string of the molecule is COc1cc(S(N)(=O)=O)ccc1-c1cn2nc(Cl)ccc2n1. The molecule has 0 saturated heterocycles. The second-order valence-corrected chi connectivity index (χ2v) is 6.44. The first-order valence-corrected chi connectivity index (χ1v) is 8.04. The highest BCUT2D eigenvalue weighted by Crippen LogP contribution is 2.31. The molecule has 3 rings (SSSR count). The molecule has 2 N–H and O–H groups in total. The minimum absolute atomic E-state index is 0.0296. The Labute approximate surface area is 131 Å². The Kier molecular flexibility index (Phi) is 3.51. The smallest absolute Gasteiger partial charge is 0.238 e. The highest BCUT2D eigenvalue weighted by atomic mass is 35.5. The van der Waals surface area contributed by atoms with Crippen LogP contribution < -0.4 is 9.88 Å². The van der Waals surface area contributed by atoms with E-state index in [4.69, 9.17) is 21.5 Å². The predicted molar refractivity (Wildman–Crippen MR) is 81.4 cm³/mol. The number of sulfonamides is 1. The molecule has 0 aliphatic carbocycles. The van der Waals surface area contributed by atoms with Crippen molar-refractivity contribution >= 4 is 27.3 Å². The van der Waals surface area contributed by atoms with Crippen molar-refractivity contribution in [1.82, 2.24) is 14.6 Å². The molecule has 0 aliphatic rings. The van der Waals surface area contributed by atoms with Crippen LogP contribution in [0.3, 0.4) is 0 Å². The summed E-state index contributed by atoms with van der Waals surface area (Å²) < 4.78 is 29.6. The lowest BCUT2D eigenvalue weighted by Crippen LogP contribution is -2.12. The molecule has 22 heavy (non-hydrogen) atoms. The molecule has 0 aliphatic heterocycles. The second-order valence-electron chi connectivity index (χ2n) is 4.49. The Morgan fingerprint density at radius 1 is 1.27 bits per heavy atom. The van der Waals surface area contributed by atoms with E-state index < -0.39 is 10.0 Å². The van der Waals surface area contributed by atoms with Gasteiger partial charge in [0.1, 0.15) is 10.9 Å². The summed E-state index contributed by atoms with van der Waals surface area (Å²) in [6.07, 6.45) is 1.68. The number of hydrogen-bond acceptors (Lipinski definition) is 5. The van der Waals surface area contributed by atoms with Crippen LogP contribution >= 0.6 is 11.6 Å². The number of ether oxygens (including phenoxy) is 1. The Hall–Kier alpha value is -2.16. The first-order chi connectivity index (χ1) is 10.4. The van der Waals surface area contributed by atoms with Crippen LogP contribution in [0.25, 0.3) is 16.9 Å². The van der Waals surface area contributed by atoms with Crippen molar-refractivity contribution in [1.29, 1.82) is 0 Å². The van der Waals surface area contributed by atoms with Crippen molar-refractivity contribution in [2.75, 3.05) is 7.11 Å². The molecule has 9 heteroatoms. The zero-order chi connectivity index (χ0) is 15.9. The molecule has 2 heterocycles. The number of halogens is 1. The summed E-state index contributed by atoms with van der Waals surface area (Å²) in [5, 5.41) is 9.56. The van der Waals surface area contributed by atoms with Crippen molar-refractivity contribution in [3.05, 3.63) is 41.7 Å². The second kappa shape index (κ2) is 5.24. The van der Waals surface area contributed by atoms with E-state index in [0.717, 1.165) is 0 Å². The fourth-order valence-corrected chi connectivity index (χ4v) is 2.72. The molecule has 7 nitrogen and oxygen atoms in total. The molecule has 3 aromatic rings. The highest BCUT2D eigenvalue weighted by molar-refractivity contribution is 7.89. The normalized spacial score (nSPS) is 11.8. The molecule has 0 radical (unpaired) electrons. The van der Waals surface area contributed by atoms with Crippen LogP contribution in [-0.2, 0) is 10.0 Å². The van der Waals surface area contributed by atoms with Gasteiger partial charge in [-0.2, -0.15) is 5.10 Å². The Bertz CT molecular complexity index is 969. The van der Waals surface area contributed by atoms with Crippen LogP contribution in [0, 0.1) is 0 Å². The van der Waals surface area contributed by atoms with Crippen LogP contribution in [0.4, 0.5) is 0 Å². The number of imidazole rings is 1. The van der Waals surface area contributed by atoms with Gasteiger partial charge in [-0.05, 0) is 24.3 Å². The van der Waals surface area contributed by atoms with E-state index in [1.807, 2.05) is 0 Å². The van der Waals surface area contributed by atoms with Gasteiger partial charge in [0.15, 0.2) is 5.65 Å². The summed E-state index contributed by atoms with van der Waals surface area (Å²) >= 11 is 5.84. The fourth-order valence-electron chi connectivity index (χ4n) is 2.05. The van der Waals surface area contributed by atoms with Gasteiger partial charge in [-0.3, -0.25) is 0 Å². The Balaban J connectivity index is 2.17. The first-order valence-electron chi connectivity index (χ1n) is 6.11. The average molecular weight is 339 g/mol. The number of aromatic nitrogens is 3. The molecule has 2 aromatic heterocycles. The third-order valence-electron chi connectivity index (χ3n) is 3.06. The summed E-state index contributed by atoms with van der Waals surface area (Å²) in [6, 6.07) is 7.70. The van der Waals surface area contributed by atoms with Crippen molar-refractivity contribution in [2.45, 2.75) is 4.90 Å². The van der Waals surface area contributed by atoms with Gasteiger partial charge in [0.2, 0.25) is 10.0 Å². The molecule has 0 fully saturated rings.